The van der Waals surface area contributed by atoms with Crippen LogP contribution in [-0.4, -0.2) is 103 Å². The van der Waals surface area contributed by atoms with Crippen LogP contribution in [0.3, 0.4) is 0 Å². The molecule has 4 aliphatic rings. The fourth-order valence-corrected chi connectivity index (χ4v) is 9.07. The summed E-state index contributed by atoms with van der Waals surface area (Å²) in [6.07, 6.45) is 5.54. The molecule has 5 amide bonds. The van der Waals surface area contributed by atoms with E-state index >= 15 is 0 Å². The minimum atomic E-state index is -1.03. The van der Waals surface area contributed by atoms with Crippen LogP contribution < -0.4 is 21.3 Å². The number of nitrogens with one attached hydrogen (secondary N) is 4. The van der Waals surface area contributed by atoms with E-state index in [4.69, 9.17) is 14.1 Å². The third-order valence-corrected chi connectivity index (χ3v) is 12.7. The van der Waals surface area contributed by atoms with Crippen molar-refractivity contribution in [1.82, 2.24) is 35.3 Å². The molecule has 2 fully saturated rings. The molecule has 5 N–H and O–H groups in total. The van der Waals surface area contributed by atoms with Gasteiger partial charge in [-0.3, -0.25) is 34.2 Å². The number of unbranched alkanes of at least 4 members (excludes halogenated alkanes) is 2. The second-order valence-electron chi connectivity index (χ2n) is 17.5. The maximum absolute atomic E-state index is 13.4. The Morgan fingerprint density at radius 1 is 0.910 bits per heavy atom. The van der Waals surface area contributed by atoms with Crippen LogP contribution in [-0.2, 0) is 24.7 Å². The number of imide groups is 2. The first-order valence-corrected chi connectivity index (χ1v) is 22.5. The van der Waals surface area contributed by atoms with Crippen molar-refractivity contribution < 1.29 is 43.0 Å². The molecule has 4 aliphatic heterocycles. The smallest absolute Gasteiger partial charge is 0.339 e. The molecule has 6 heterocycles. The fourth-order valence-electron chi connectivity index (χ4n) is 9.07. The van der Waals surface area contributed by atoms with E-state index < -0.39 is 41.3 Å². The molecule has 19 nitrogen and oxygen atoms in total. The number of carbonyl (C=O) groups excluding carboxylic acids is 6. The van der Waals surface area contributed by atoms with Gasteiger partial charge in [-0.25, -0.2) is 9.78 Å². The zero-order valence-corrected chi connectivity index (χ0v) is 37.0. The van der Waals surface area contributed by atoms with Crippen molar-refractivity contribution in [2.75, 3.05) is 42.2 Å². The van der Waals surface area contributed by atoms with E-state index in [2.05, 4.69) is 36.4 Å². The standard InChI is InChI=1S/C48H50N10O9/c1-48(2)33-24-29(15-16-30(33)46(65)67-48)51-47-50-25-32(40(54-47)52-35(26-59)27-10-5-3-6-11-27)43-56-55-42(66-43)28-19-22-57(23-20-28)38(61)14-7-4-8-21-49-34-13-9-12-31-39(34)45(64)58(44(31)63)36-17-18-37(60)53-41(36)62/h3,5-6,9-13,15-16,24-25,28,35-36,49,59H,4,7-8,14,17-23,26H2,1-2H3,(H,53,60,62)(H2,50,51,52,54)/t35-,36?/m1/s1. The molecule has 1 unspecified atom stereocenters. The average molecular weight is 911 g/mol. The number of rotatable bonds is 16. The summed E-state index contributed by atoms with van der Waals surface area (Å²) in [7, 11) is 0. The molecule has 346 valence electrons. The number of carbonyl (C=O) groups is 6. The van der Waals surface area contributed by atoms with Crippen molar-refractivity contribution in [2.24, 2.45) is 0 Å². The van der Waals surface area contributed by atoms with Gasteiger partial charge in [-0.15, -0.1) is 10.2 Å². The van der Waals surface area contributed by atoms with Gasteiger partial charge in [-0.2, -0.15) is 4.98 Å². The lowest BCUT2D eigenvalue weighted by Gasteiger charge is -2.30. The minimum Gasteiger partial charge on any atom is -0.451 e. The van der Waals surface area contributed by atoms with Gasteiger partial charge in [-0.1, -0.05) is 42.8 Å². The third kappa shape index (κ3) is 9.18. The number of cyclic esters (lactones) is 1. The summed E-state index contributed by atoms with van der Waals surface area (Å²) in [6.45, 7) is 5.02. The van der Waals surface area contributed by atoms with Crippen molar-refractivity contribution in [1.29, 1.82) is 0 Å². The molecule has 2 saturated heterocycles. The number of esters is 1. The van der Waals surface area contributed by atoms with Crippen LogP contribution >= 0.6 is 0 Å². The molecule has 19 heteroatoms. The molecular formula is C48H50N10O9. The van der Waals surface area contributed by atoms with Crippen molar-refractivity contribution >= 4 is 58.6 Å². The lowest BCUT2D eigenvalue weighted by atomic mass is 9.95. The molecular weight excluding hydrogens is 861 g/mol. The number of nitrogens with zero attached hydrogens (tertiary/aromatic N) is 6. The summed E-state index contributed by atoms with van der Waals surface area (Å²) < 4.78 is 11.8. The number of ether oxygens (including phenoxy) is 1. The van der Waals surface area contributed by atoms with Crippen molar-refractivity contribution in [2.45, 2.75) is 88.8 Å². The molecule has 0 bridgehead atoms. The van der Waals surface area contributed by atoms with E-state index in [0.29, 0.717) is 79.5 Å². The number of fused-ring (bicyclic) bond motifs is 2. The maximum Gasteiger partial charge on any atom is 0.339 e. The average Bonchev–Trinajstić information content (AvgIpc) is 3.98. The SMILES string of the molecule is CC1(C)OC(=O)c2ccc(Nc3ncc(-c4nnc(C5CCN(C(=O)CCCCCNc6cccc7c6C(=O)N(C6CCC(=O)NC6=O)C7=O)CC5)o4)c(N[C@H](CO)c4ccccc4)n3)cc21. The fraction of sp³-hybridized carbons (Fsp3) is 0.375. The first-order valence-electron chi connectivity index (χ1n) is 22.5. The first-order chi connectivity index (χ1) is 32.4. The third-order valence-electron chi connectivity index (χ3n) is 12.7. The molecule has 5 aromatic rings. The van der Waals surface area contributed by atoms with E-state index in [0.717, 1.165) is 28.9 Å². The zero-order valence-electron chi connectivity index (χ0n) is 37.0. The predicted octanol–water partition coefficient (Wildman–Crippen LogP) is 5.60. The van der Waals surface area contributed by atoms with Crippen LogP contribution in [0.25, 0.3) is 11.5 Å². The van der Waals surface area contributed by atoms with Gasteiger partial charge in [0.25, 0.3) is 17.7 Å². The van der Waals surface area contributed by atoms with Crippen LogP contribution in [0.2, 0.25) is 0 Å². The number of aliphatic hydroxyl groups excluding tert-OH is 1. The van der Waals surface area contributed by atoms with Crippen molar-refractivity contribution in [3.8, 4) is 11.5 Å². The highest BCUT2D eigenvalue weighted by Gasteiger charge is 2.46. The molecule has 0 aliphatic carbocycles. The summed E-state index contributed by atoms with van der Waals surface area (Å²) in [4.78, 5) is 88.4. The van der Waals surface area contributed by atoms with Gasteiger partial charge in [0.15, 0.2) is 0 Å². The number of hydrogen-bond donors (Lipinski definition) is 5. The van der Waals surface area contributed by atoms with E-state index in [9.17, 15) is 33.9 Å². The quantitative estimate of drug-likeness (QED) is 0.0459. The van der Waals surface area contributed by atoms with Crippen molar-refractivity contribution in [3.63, 3.8) is 0 Å². The number of aromatic nitrogens is 4. The highest BCUT2D eigenvalue weighted by Crippen LogP contribution is 2.39. The number of aliphatic hydroxyl groups is 1. The Labute approximate surface area is 385 Å². The molecule has 2 atom stereocenters. The Kier molecular flexibility index (Phi) is 12.5. The number of hydrogen-bond acceptors (Lipinski definition) is 16. The number of piperidine rings is 2. The first kappa shape index (κ1) is 44.7. The van der Waals surface area contributed by atoms with Crippen molar-refractivity contribution in [3.05, 3.63) is 107 Å². The lowest BCUT2D eigenvalue weighted by Crippen LogP contribution is -2.54. The molecule has 0 spiro atoms. The predicted molar refractivity (Wildman–Crippen MR) is 242 cm³/mol. The maximum atomic E-state index is 13.4. The molecule has 0 radical (unpaired) electrons. The lowest BCUT2D eigenvalue weighted by molar-refractivity contribution is -0.136. The Bertz CT molecular complexity index is 2750. The second-order valence-corrected chi connectivity index (χ2v) is 17.5. The van der Waals surface area contributed by atoms with Crippen LogP contribution in [0.4, 0.5) is 23.1 Å². The molecule has 2 aromatic heterocycles. The van der Waals surface area contributed by atoms with Crippen LogP contribution in [0.15, 0.2) is 77.3 Å². The summed E-state index contributed by atoms with van der Waals surface area (Å²) >= 11 is 0. The largest absolute Gasteiger partial charge is 0.451 e. The number of anilines is 4. The van der Waals surface area contributed by atoms with E-state index in [-0.39, 0.29) is 60.2 Å². The number of benzene rings is 3. The van der Waals surface area contributed by atoms with E-state index in [1.807, 2.05) is 55.1 Å². The van der Waals surface area contributed by atoms with Crippen LogP contribution in [0, 0.1) is 0 Å². The summed E-state index contributed by atoms with van der Waals surface area (Å²) in [5.41, 5.74) is 3.32. The number of likely N-dealkylation sites (tertiary alicyclic amines) is 1. The highest BCUT2D eigenvalue weighted by atomic mass is 16.6. The van der Waals surface area contributed by atoms with Gasteiger partial charge in [0, 0.05) is 61.5 Å². The van der Waals surface area contributed by atoms with Gasteiger partial charge in [0.05, 0.1) is 34.9 Å². The summed E-state index contributed by atoms with van der Waals surface area (Å²) in [5, 5.41) is 31.3. The number of amides is 5. The molecule has 0 saturated carbocycles. The van der Waals surface area contributed by atoms with E-state index in [1.54, 1.807) is 36.5 Å². The molecule has 67 heavy (non-hydrogen) atoms. The monoisotopic (exact) mass is 910 g/mol. The van der Waals surface area contributed by atoms with Gasteiger partial charge < -0.3 is 35.1 Å². The van der Waals surface area contributed by atoms with Crippen LogP contribution in [0.5, 0.6) is 0 Å². The minimum absolute atomic E-state index is 0.0494. The van der Waals surface area contributed by atoms with E-state index in [1.165, 1.54) is 0 Å². The Hall–Kier alpha value is -7.54. The topological polar surface area (TPSA) is 251 Å². The second kappa shape index (κ2) is 18.7. The Morgan fingerprint density at radius 2 is 1.72 bits per heavy atom. The molecule has 9 rings (SSSR count). The summed E-state index contributed by atoms with van der Waals surface area (Å²) in [5.74, 6) is -1.33. The van der Waals surface area contributed by atoms with Crippen LogP contribution in [0.1, 0.15) is 125 Å². The zero-order chi connectivity index (χ0) is 46.8. The molecule has 3 aromatic carbocycles. The Morgan fingerprint density at radius 3 is 2.49 bits per heavy atom. The van der Waals surface area contributed by atoms with Gasteiger partial charge in [0.1, 0.15) is 17.5 Å². The van der Waals surface area contributed by atoms with Gasteiger partial charge in [0.2, 0.25) is 29.6 Å². The van der Waals surface area contributed by atoms with Gasteiger partial charge >= 0.3 is 5.97 Å². The van der Waals surface area contributed by atoms with Gasteiger partial charge in [-0.05, 0) is 81.8 Å². The highest BCUT2D eigenvalue weighted by molar-refractivity contribution is 6.25. The Balaban J connectivity index is 0.781. The summed E-state index contributed by atoms with van der Waals surface area (Å²) in [6, 6.07) is 18.2. The normalized spacial score (nSPS) is 18.3.